The van der Waals surface area contributed by atoms with Crippen molar-refractivity contribution >= 4 is 39.2 Å². The summed E-state index contributed by atoms with van der Waals surface area (Å²) >= 11 is 9.47. The molecule has 0 heterocycles. The third kappa shape index (κ3) is 3.49. The minimum absolute atomic E-state index is 0.244. The second kappa shape index (κ2) is 6.08. The summed E-state index contributed by atoms with van der Waals surface area (Å²) in [6, 6.07) is 12.3. The number of rotatable bonds is 4. The lowest BCUT2D eigenvalue weighted by Gasteiger charge is -2.10. The number of aromatic carboxylic acids is 1. The van der Waals surface area contributed by atoms with E-state index in [4.69, 9.17) is 16.7 Å². The molecule has 2 aromatic rings. The van der Waals surface area contributed by atoms with Crippen LogP contribution in [0.2, 0.25) is 5.02 Å². The summed E-state index contributed by atoms with van der Waals surface area (Å²) in [7, 11) is 0. The van der Waals surface area contributed by atoms with Crippen LogP contribution in [0.25, 0.3) is 0 Å². The second-order valence-electron chi connectivity index (χ2n) is 3.94. The fourth-order valence-electron chi connectivity index (χ4n) is 1.69. The van der Waals surface area contributed by atoms with E-state index in [0.717, 1.165) is 10.0 Å². The average molecular weight is 341 g/mol. The van der Waals surface area contributed by atoms with Crippen LogP contribution in [0.15, 0.2) is 46.9 Å². The molecule has 0 saturated carbocycles. The molecule has 0 bridgehead atoms. The summed E-state index contributed by atoms with van der Waals surface area (Å²) in [5.41, 5.74) is 1.72. The number of carboxylic acids is 1. The Morgan fingerprint density at radius 3 is 2.74 bits per heavy atom. The van der Waals surface area contributed by atoms with Gasteiger partial charge in [0, 0.05) is 21.7 Å². The zero-order chi connectivity index (χ0) is 13.8. The molecule has 0 unspecified atom stereocenters. The van der Waals surface area contributed by atoms with Crippen molar-refractivity contribution < 1.29 is 9.90 Å². The second-order valence-corrected chi connectivity index (χ2v) is 5.26. The Morgan fingerprint density at radius 2 is 2.00 bits per heavy atom. The molecule has 5 heteroatoms. The van der Waals surface area contributed by atoms with Crippen molar-refractivity contribution in [1.82, 2.24) is 0 Å². The first-order valence-corrected chi connectivity index (χ1v) is 6.75. The molecule has 19 heavy (non-hydrogen) atoms. The molecule has 0 aliphatic heterocycles. The molecular formula is C14H11BrClNO2. The van der Waals surface area contributed by atoms with Crippen LogP contribution >= 0.6 is 27.5 Å². The monoisotopic (exact) mass is 339 g/mol. The van der Waals surface area contributed by atoms with E-state index in [9.17, 15) is 4.79 Å². The van der Waals surface area contributed by atoms with Gasteiger partial charge in [-0.05, 0) is 35.9 Å². The molecule has 98 valence electrons. The van der Waals surface area contributed by atoms with Crippen LogP contribution in [-0.2, 0) is 6.54 Å². The smallest absolute Gasteiger partial charge is 0.337 e. The molecule has 0 aromatic heterocycles. The predicted octanol–water partition coefficient (Wildman–Crippen LogP) is 4.41. The van der Waals surface area contributed by atoms with E-state index in [-0.39, 0.29) is 5.56 Å². The van der Waals surface area contributed by atoms with Crippen LogP contribution < -0.4 is 5.32 Å². The molecule has 2 aromatic carbocycles. The topological polar surface area (TPSA) is 49.3 Å². The Morgan fingerprint density at radius 1 is 1.26 bits per heavy atom. The van der Waals surface area contributed by atoms with Crippen LogP contribution in [0, 0.1) is 0 Å². The van der Waals surface area contributed by atoms with Gasteiger partial charge in [-0.2, -0.15) is 0 Å². The summed E-state index contributed by atoms with van der Waals surface area (Å²) in [5.74, 6) is -0.955. The van der Waals surface area contributed by atoms with Crippen LogP contribution in [0.1, 0.15) is 15.9 Å². The molecule has 0 spiro atoms. The van der Waals surface area contributed by atoms with Gasteiger partial charge in [-0.25, -0.2) is 4.79 Å². The Kier molecular flexibility index (Phi) is 4.45. The Bertz CT molecular complexity index is 616. The highest BCUT2D eigenvalue weighted by molar-refractivity contribution is 9.10. The maximum absolute atomic E-state index is 11.1. The summed E-state index contributed by atoms with van der Waals surface area (Å²) < 4.78 is 0.931. The van der Waals surface area contributed by atoms with Crippen LogP contribution in [0.4, 0.5) is 5.69 Å². The molecule has 3 nitrogen and oxygen atoms in total. The number of carboxylic acid groups (broad SMARTS) is 1. The number of anilines is 1. The maximum Gasteiger partial charge on any atom is 0.337 e. The van der Waals surface area contributed by atoms with Gasteiger partial charge in [0.05, 0.1) is 5.56 Å². The molecule has 0 radical (unpaired) electrons. The van der Waals surface area contributed by atoms with Crippen molar-refractivity contribution in [3.63, 3.8) is 0 Å². The van der Waals surface area contributed by atoms with Gasteiger partial charge in [-0.15, -0.1) is 0 Å². The van der Waals surface area contributed by atoms with Crippen molar-refractivity contribution in [3.05, 3.63) is 63.1 Å². The first-order valence-electron chi connectivity index (χ1n) is 5.58. The SMILES string of the molecule is O=C(O)c1ccccc1NCc1cc(Br)ccc1Cl. The van der Waals surface area contributed by atoms with Gasteiger partial charge in [0.15, 0.2) is 0 Å². The molecule has 2 rings (SSSR count). The van der Waals surface area contributed by atoms with Crippen LogP contribution in [0.3, 0.4) is 0 Å². The lowest BCUT2D eigenvalue weighted by molar-refractivity contribution is 0.0698. The molecule has 2 N–H and O–H groups in total. The summed E-state index contributed by atoms with van der Waals surface area (Å²) in [6.45, 7) is 0.461. The molecule has 0 aliphatic carbocycles. The van der Waals surface area contributed by atoms with Gasteiger partial charge in [0.25, 0.3) is 0 Å². The minimum atomic E-state index is -0.955. The van der Waals surface area contributed by atoms with Crippen LogP contribution in [0.5, 0.6) is 0 Å². The third-order valence-electron chi connectivity index (χ3n) is 2.63. The van der Waals surface area contributed by atoms with Crippen molar-refractivity contribution in [3.8, 4) is 0 Å². The summed E-state index contributed by atoms with van der Waals surface area (Å²) in [5, 5.41) is 12.8. The number of halogens is 2. The fourth-order valence-corrected chi connectivity index (χ4v) is 2.29. The molecular weight excluding hydrogens is 330 g/mol. The predicted molar refractivity (Wildman–Crippen MR) is 79.9 cm³/mol. The van der Waals surface area contributed by atoms with Gasteiger partial charge in [-0.3, -0.25) is 0 Å². The fraction of sp³-hybridized carbons (Fsp3) is 0.0714. The van der Waals surface area contributed by atoms with E-state index in [1.165, 1.54) is 0 Å². The largest absolute Gasteiger partial charge is 0.478 e. The summed E-state index contributed by atoms with van der Waals surface area (Å²) in [4.78, 5) is 11.1. The number of hydrogen-bond donors (Lipinski definition) is 2. The van der Waals surface area contributed by atoms with Crippen molar-refractivity contribution in [2.24, 2.45) is 0 Å². The van der Waals surface area contributed by atoms with E-state index >= 15 is 0 Å². The molecule has 0 aliphatic rings. The molecule has 0 amide bonds. The number of hydrogen-bond acceptors (Lipinski definition) is 2. The zero-order valence-electron chi connectivity index (χ0n) is 9.86. The normalized spacial score (nSPS) is 10.2. The van der Waals surface area contributed by atoms with Crippen LogP contribution in [-0.4, -0.2) is 11.1 Å². The zero-order valence-corrected chi connectivity index (χ0v) is 12.2. The average Bonchev–Trinajstić information content (AvgIpc) is 2.40. The van der Waals surface area contributed by atoms with Gasteiger partial charge >= 0.3 is 5.97 Å². The van der Waals surface area contributed by atoms with Gasteiger partial charge < -0.3 is 10.4 Å². The molecule has 0 fully saturated rings. The minimum Gasteiger partial charge on any atom is -0.478 e. The first-order chi connectivity index (χ1) is 9.08. The molecule has 0 atom stereocenters. The number of nitrogens with one attached hydrogen (secondary N) is 1. The van der Waals surface area contributed by atoms with Gasteiger partial charge in [-0.1, -0.05) is 39.7 Å². The first kappa shape index (κ1) is 13.9. The third-order valence-corrected chi connectivity index (χ3v) is 3.50. The van der Waals surface area contributed by atoms with E-state index in [1.807, 2.05) is 12.1 Å². The van der Waals surface area contributed by atoms with E-state index in [0.29, 0.717) is 17.3 Å². The van der Waals surface area contributed by atoms with E-state index in [1.54, 1.807) is 30.3 Å². The number of para-hydroxylation sites is 1. The lowest BCUT2D eigenvalue weighted by Crippen LogP contribution is -2.06. The number of benzene rings is 2. The highest BCUT2D eigenvalue weighted by atomic mass is 79.9. The Balaban J connectivity index is 2.19. The van der Waals surface area contributed by atoms with Crippen molar-refractivity contribution in [2.45, 2.75) is 6.54 Å². The van der Waals surface area contributed by atoms with E-state index in [2.05, 4.69) is 21.2 Å². The van der Waals surface area contributed by atoms with E-state index < -0.39 is 5.97 Å². The standard InChI is InChI=1S/C14H11BrClNO2/c15-10-5-6-12(16)9(7-10)8-17-13-4-2-1-3-11(13)14(18)19/h1-7,17H,8H2,(H,18,19). The van der Waals surface area contributed by atoms with Gasteiger partial charge in [0.2, 0.25) is 0 Å². The number of carbonyl (C=O) groups is 1. The van der Waals surface area contributed by atoms with Gasteiger partial charge in [0.1, 0.15) is 0 Å². The highest BCUT2D eigenvalue weighted by Crippen LogP contribution is 2.23. The lowest BCUT2D eigenvalue weighted by atomic mass is 10.1. The molecule has 0 saturated heterocycles. The van der Waals surface area contributed by atoms with Crippen molar-refractivity contribution in [2.75, 3.05) is 5.32 Å². The summed E-state index contributed by atoms with van der Waals surface area (Å²) in [6.07, 6.45) is 0. The maximum atomic E-state index is 11.1. The quantitative estimate of drug-likeness (QED) is 0.866. The Labute approximate surface area is 124 Å². The highest BCUT2D eigenvalue weighted by Gasteiger charge is 2.09. The Hall–Kier alpha value is -1.52. The van der Waals surface area contributed by atoms with Crippen molar-refractivity contribution in [1.29, 1.82) is 0 Å².